The third kappa shape index (κ3) is 3.74. The topological polar surface area (TPSA) is 35.2 Å². The molecule has 0 bridgehead atoms. The molecule has 0 amide bonds. The first-order valence-corrected chi connectivity index (χ1v) is 5.99. The normalized spacial score (nSPS) is 10.1. The molecule has 0 unspecified atom stereocenters. The second-order valence-electron chi connectivity index (χ2n) is 3.25. The minimum atomic E-state index is 0.787. The molecule has 0 atom stereocenters. The summed E-state index contributed by atoms with van der Waals surface area (Å²) in [6, 6.07) is 5.73. The van der Waals surface area contributed by atoms with Crippen LogP contribution in [0.3, 0.4) is 0 Å². The zero-order valence-corrected chi connectivity index (χ0v) is 10.6. The zero-order valence-electron chi connectivity index (χ0n) is 8.42. The first-order valence-electron chi connectivity index (χ1n) is 4.92. The Bertz CT molecular complexity index is 289. The number of halogens is 1. The molecule has 0 aliphatic heterocycles. The van der Waals surface area contributed by atoms with Gasteiger partial charge in [0.15, 0.2) is 0 Å². The largest absolute Gasteiger partial charge is 0.492 e. The molecular formula is C11H16INO. The fourth-order valence-corrected chi connectivity index (χ4v) is 1.86. The summed E-state index contributed by atoms with van der Waals surface area (Å²) in [6.45, 7) is 2.99. The predicted octanol–water partition coefficient (Wildman–Crippen LogP) is 3.44. The van der Waals surface area contributed by atoms with Crippen LogP contribution >= 0.6 is 22.6 Å². The molecule has 0 heterocycles. The Morgan fingerprint density at radius 3 is 2.79 bits per heavy atom. The number of benzene rings is 1. The van der Waals surface area contributed by atoms with Crippen molar-refractivity contribution in [3.63, 3.8) is 0 Å². The Balaban J connectivity index is 2.42. The maximum absolute atomic E-state index is 5.64. The Morgan fingerprint density at radius 2 is 2.14 bits per heavy atom. The third-order valence-corrected chi connectivity index (χ3v) is 2.80. The van der Waals surface area contributed by atoms with E-state index < -0.39 is 0 Å². The lowest BCUT2D eigenvalue weighted by molar-refractivity contribution is 0.304. The van der Waals surface area contributed by atoms with Gasteiger partial charge in [-0.1, -0.05) is 19.8 Å². The van der Waals surface area contributed by atoms with E-state index in [-0.39, 0.29) is 0 Å². The fraction of sp³-hybridized carbons (Fsp3) is 0.455. The molecule has 0 radical (unpaired) electrons. The number of ether oxygens (including phenoxy) is 1. The van der Waals surface area contributed by atoms with E-state index in [4.69, 9.17) is 10.5 Å². The number of nitrogens with two attached hydrogens (primary N) is 1. The SMILES string of the molecule is CCCCCOc1ccc(N)cc1I. The molecule has 3 heteroatoms. The summed E-state index contributed by atoms with van der Waals surface area (Å²) in [5.74, 6) is 0.941. The summed E-state index contributed by atoms with van der Waals surface area (Å²) >= 11 is 2.24. The standard InChI is InChI=1S/C11H16INO/c1-2-3-4-7-14-11-6-5-9(13)8-10(11)12/h5-6,8H,2-4,7,13H2,1H3. The Hall–Kier alpha value is -0.450. The zero-order chi connectivity index (χ0) is 10.4. The van der Waals surface area contributed by atoms with Crippen molar-refractivity contribution in [1.82, 2.24) is 0 Å². The van der Waals surface area contributed by atoms with Gasteiger partial charge in [0.05, 0.1) is 10.2 Å². The van der Waals surface area contributed by atoms with Crippen molar-refractivity contribution in [2.45, 2.75) is 26.2 Å². The quantitative estimate of drug-likeness (QED) is 0.514. The molecule has 0 aromatic heterocycles. The van der Waals surface area contributed by atoms with Crippen molar-refractivity contribution in [1.29, 1.82) is 0 Å². The molecule has 0 spiro atoms. The number of rotatable bonds is 5. The molecule has 1 aromatic rings. The molecule has 78 valence electrons. The highest BCUT2D eigenvalue weighted by Crippen LogP contribution is 2.23. The molecule has 0 saturated carbocycles. The van der Waals surface area contributed by atoms with Gasteiger partial charge in [-0.25, -0.2) is 0 Å². The van der Waals surface area contributed by atoms with Crippen LogP contribution in [0.2, 0.25) is 0 Å². The van der Waals surface area contributed by atoms with Crippen molar-refractivity contribution < 1.29 is 4.74 Å². The summed E-state index contributed by atoms with van der Waals surface area (Å²) in [5.41, 5.74) is 6.43. The summed E-state index contributed by atoms with van der Waals surface area (Å²) in [6.07, 6.45) is 3.57. The van der Waals surface area contributed by atoms with E-state index in [1.807, 2.05) is 18.2 Å². The van der Waals surface area contributed by atoms with Crippen LogP contribution in [-0.4, -0.2) is 6.61 Å². The van der Waals surface area contributed by atoms with E-state index in [1.165, 1.54) is 12.8 Å². The van der Waals surface area contributed by atoms with Crippen molar-refractivity contribution in [3.05, 3.63) is 21.8 Å². The van der Waals surface area contributed by atoms with Crippen LogP contribution in [0.25, 0.3) is 0 Å². The van der Waals surface area contributed by atoms with Crippen LogP contribution < -0.4 is 10.5 Å². The predicted molar refractivity (Wildman–Crippen MR) is 68.6 cm³/mol. The van der Waals surface area contributed by atoms with E-state index in [1.54, 1.807) is 0 Å². The van der Waals surface area contributed by atoms with Crippen molar-refractivity contribution >= 4 is 28.3 Å². The average Bonchev–Trinajstić information content (AvgIpc) is 2.15. The number of hydrogen-bond donors (Lipinski definition) is 1. The minimum Gasteiger partial charge on any atom is -0.492 e. The van der Waals surface area contributed by atoms with Crippen molar-refractivity contribution in [2.75, 3.05) is 12.3 Å². The fourth-order valence-electron chi connectivity index (χ4n) is 1.17. The molecule has 2 N–H and O–H groups in total. The molecular weight excluding hydrogens is 289 g/mol. The van der Waals surface area contributed by atoms with Gasteiger partial charge >= 0.3 is 0 Å². The van der Waals surface area contributed by atoms with Gasteiger partial charge < -0.3 is 10.5 Å². The first-order chi connectivity index (χ1) is 6.74. The van der Waals surface area contributed by atoms with E-state index in [9.17, 15) is 0 Å². The molecule has 2 nitrogen and oxygen atoms in total. The van der Waals surface area contributed by atoms with Gasteiger partial charge in [0.1, 0.15) is 5.75 Å². The second-order valence-corrected chi connectivity index (χ2v) is 4.41. The first kappa shape index (κ1) is 11.6. The maximum Gasteiger partial charge on any atom is 0.132 e. The molecule has 1 aromatic carbocycles. The molecule has 0 saturated heterocycles. The molecule has 0 aliphatic carbocycles. The van der Waals surface area contributed by atoms with Gasteiger partial charge in [0, 0.05) is 5.69 Å². The monoisotopic (exact) mass is 305 g/mol. The number of nitrogen functional groups attached to an aromatic ring is 1. The lowest BCUT2D eigenvalue weighted by Gasteiger charge is -2.08. The second kappa shape index (κ2) is 6.11. The maximum atomic E-state index is 5.64. The Morgan fingerprint density at radius 1 is 1.36 bits per heavy atom. The van der Waals surface area contributed by atoms with Crippen LogP contribution in [0.4, 0.5) is 5.69 Å². The average molecular weight is 305 g/mol. The molecule has 0 fully saturated rings. The lowest BCUT2D eigenvalue weighted by Crippen LogP contribution is -1.99. The van der Waals surface area contributed by atoms with Crippen LogP contribution in [-0.2, 0) is 0 Å². The van der Waals surface area contributed by atoms with Crippen LogP contribution in [0.15, 0.2) is 18.2 Å². The van der Waals surface area contributed by atoms with Gasteiger partial charge in [-0.3, -0.25) is 0 Å². The van der Waals surface area contributed by atoms with Crippen molar-refractivity contribution in [3.8, 4) is 5.75 Å². The summed E-state index contributed by atoms with van der Waals surface area (Å²) in [4.78, 5) is 0. The summed E-state index contributed by atoms with van der Waals surface area (Å²) in [7, 11) is 0. The third-order valence-electron chi connectivity index (χ3n) is 1.96. The van der Waals surface area contributed by atoms with Gasteiger partial charge in [-0.15, -0.1) is 0 Å². The van der Waals surface area contributed by atoms with Gasteiger partial charge in [0.25, 0.3) is 0 Å². The van der Waals surface area contributed by atoms with Gasteiger partial charge in [-0.2, -0.15) is 0 Å². The van der Waals surface area contributed by atoms with Crippen LogP contribution in [0.5, 0.6) is 5.75 Å². The van der Waals surface area contributed by atoms with E-state index in [2.05, 4.69) is 29.5 Å². The highest BCUT2D eigenvalue weighted by molar-refractivity contribution is 14.1. The highest BCUT2D eigenvalue weighted by atomic mass is 127. The number of hydrogen-bond acceptors (Lipinski definition) is 2. The smallest absolute Gasteiger partial charge is 0.132 e. The van der Waals surface area contributed by atoms with Gasteiger partial charge in [0.2, 0.25) is 0 Å². The molecule has 14 heavy (non-hydrogen) atoms. The van der Waals surface area contributed by atoms with E-state index >= 15 is 0 Å². The summed E-state index contributed by atoms with van der Waals surface area (Å²) < 4.78 is 6.71. The molecule has 0 aliphatic rings. The van der Waals surface area contributed by atoms with Crippen LogP contribution in [0.1, 0.15) is 26.2 Å². The Labute approximate surface area is 99.0 Å². The van der Waals surface area contributed by atoms with E-state index in [0.29, 0.717) is 0 Å². The highest BCUT2D eigenvalue weighted by Gasteiger charge is 2.00. The minimum absolute atomic E-state index is 0.787. The number of unbranched alkanes of at least 4 members (excludes halogenated alkanes) is 2. The summed E-state index contributed by atoms with van der Waals surface area (Å²) in [5, 5.41) is 0. The number of anilines is 1. The lowest BCUT2D eigenvalue weighted by atomic mass is 10.2. The molecule has 1 rings (SSSR count). The van der Waals surface area contributed by atoms with Crippen LogP contribution in [0, 0.1) is 3.57 Å². The van der Waals surface area contributed by atoms with Gasteiger partial charge in [-0.05, 0) is 47.2 Å². The van der Waals surface area contributed by atoms with Crippen molar-refractivity contribution in [2.24, 2.45) is 0 Å². The van der Waals surface area contributed by atoms with E-state index in [0.717, 1.165) is 28.0 Å². The Kier molecular flexibility index (Phi) is 5.07.